The number of aromatic amines is 1. The summed E-state index contributed by atoms with van der Waals surface area (Å²) in [5.74, 6) is 3.34. The van der Waals surface area contributed by atoms with Gasteiger partial charge in [-0.15, -0.1) is 10.2 Å². The first kappa shape index (κ1) is 25.0. The number of halogens is 1. The van der Waals surface area contributed by atoms with Crippen LogP contribution in [0.4, 0.5) is 0 Å². The number of H-pyrrole nitrogens is 1. The molecular weight excluding hydrogens is 510 g/mol. The van der Waals surface area contributed by atoms with Gasteiger partial charge < -0.3 is 9.55 Å². The number of rotatable bonds is 6. The number of aromatic nitrogens is 6. The second kappa shape index (κ2) is 9.30. The third-order valence-corrected chi connectivity index (χ3v) is 9.40. The van der Waals surface area contributed by atoms with Crippen LogP contribution in [0.3, 0.4) is 0 Å². The van der Waals surface area contributed by atoms with Crippen molar-refractivity contribution < 1.29 is 0 Å². The molecule has 0 aromatic carbocycles. The van der Waals surface area contributed by atoms with Crippen LogP contribution in [0.1, 0.15) is 81.1 Å². The molecule has 3 fully saturated rings. The molecule has 1 aliphatic heterocycles. The van der Waals surface area contributed by atoms with Gasteiger partial charge in [0.1, 0.15) is 23.5 Å². The molecule has 9 heteroatoms. The summed E-state index contributed by atoms with van der Waals surface area (Å²) in [5, 5.41) is 10.1. The number of nitrogens with one attached hydrogen (secondary N) is 1. The first-order valence-corrected chi connectivity index (χ1v) is 14.7. The number of hydrogen-bond donors (Lipinski definition) is 1. The lowest BCUT2D eigenvalue weighted by Crippen LogP contribution is -2.43. The number of pyridine rings is 2. The molecule has 2 aliphatic carbocycles. The van der Waals surface area contributed by atoms with Gasteiger partial charge in [-0.1, -0.05) is 25.4 Å². The molecule has 0 bridgehead atoms. The topological polar surface area (TPSA) is 84.6 Å². The van der Waals surface area contributed by atoms with Gasteiger partial charge in [0.2, 0.25) is 0 Å². The van der Waals surface area contributed by atoms with E-state index in [4.69, 9.17) is 16.6 Å². The van der Waals surface area contributed by atoms with E-state index in [-0.39, 0.29) is 11.0 Å². The zero-order chi connectivity index (χ0) is 26.9. The van der Waals surface area contributed by atoms with Crippen LogP contribution in [0.2, 0.25) is 5.02 Å². The van der Waals surface area contributed by atoms with E-state index in [9.17, 15) is 4.79 Å². The molecule has 2 saturated carbocycles. The average molecular weight is 546 g/mol. The maximum atomic E-state index is 13.9. The minimum absolute atomic E-state index is 0.117. The molecule has 8 nitrogen and oxygen atoms in total. The van der Waals surface area contributed by atoms with E-state index in [0.29, 0.717) is 34.1 Å². The van der Waals surface area contributed by atoms with Crippen molar-refractivity contribution in [3.05, 3.63) is 68.9 Å². The van der Waals surface area contributed by atoms with Crippen LogP contribution in [0.25, 0.3) is 16.7 Å². The van der Waals surface area contributed by atoms with E-state index in [1.54, 1.807) is 17.1 Å². The SMILES string of the molecule is CC1CC(c2cc(C3CC3)nc(-n3cc(Cl)c4cc(CN5CCC[C@H](C)C5)[nH]c4c3=O)c2)(c2nncn2C)C1. The lowest BCUT2D eigenvalue weighted by Gasteiger charge is -2.46. The fourth-order valence-corrected chi connectivity index (χ4v) is 7.32. The third-order valence-electron chi connectivity index (χ3n) is 9.10. The standard InChI is InChI=1S/C30H36ClN7O/c1-18-5-4-8-37(14-18)15-22-11-23-24(31)16-38(28(39)27(23)33-22)26-10-21(9-25(34-26)20-6-7-20)30(12-19(2)13-30)29-35-32-17-36(29)3/h9-11,16-20,33H,4-8,12-15H2,1-3H3/t18-,19?,30?/m0/s1. The number of aryl methyl sites for hydroxylation is 1. The van der Waals surface area contributed by atoms with Crippen molar-refractivity contribution in [3.8, 4) is 5.82 Å². The van der Waals surface area contributed by atoms with E-state index < -0.39 is 0 Å². The highest BCUT2D eigenvalue weighted by atomic mass is 35.5. The summed E-state index contributed by atoms with van der Waals surface area (Å²) < 4.78 is 3.66. The van der Waals surface area contributed by atoms with Crippen LogP contribution in [0, 0.1) is 11.8 Å². The lowest BCUT2D eigenvalue weighted by molar-refractivity contribution is 0.175. The number of fused-ring (bicyclic) bond motifs is 1. The number of likely N-dealkylation sites (tertiary alicyclic amines) is 1. The Hall–Kier alpha value is -2.97. The predicted octanol–water partition coefficient (Wildman–Crippen LogP) is 5.32. The molecule has 5 heterocycles. The molecule has 7 rings (SSSR count). The van der Waals surface area contributed by atoms with Crippen molar-refractivity contribution in [1.82, 2.24) is 34.2 Å². The molecule has 1 saturated heterocycles. The van der Waals surface area contributed by atoms with Gasteiger partial charge in [-0.3, -0.25) is 14.3 Å². The van der Waals surface area contributed by atoms with Gasteiger partial charge in [0.05, 0.1) is 10.4 Å². The zero-order valence-corrected chi connectivity index (χ0v) is 23.7. The molecule has 0 amide bonds. The quantitative estimate of drug-likeness (QED) is 0.354. The molecule has 0 radical (unpaired) electrons. The Morgan fingerprint density at radius 3 is 2.64 bits per heavy atom. The van der Waals surface area contributed by atoms with E-state index in [1.807, 2.05) is 17.7 Å². The monoisotopic (exact) mass is 545 g/mol. The molecule has 4 aromatic rings. The smallest absolute Gasteiger partial charge is 0.280 e. The normalized spacial score (nSPS) is 25.7. The Kier molecular flexibility index (Phi) is 5.97. The van der Waals surface area contributed by atoms with Crippen LogP contribution in [0.5, 0.6) is 0 Å². The minimum atomic E-state index is -0.227. The number of hydrogen-bond acceptors (Lipinski definition) is 5. The van der Waals surface area contributed by atoms with Crippen molar-refractivity contribution in [2.24, 2.45) is 18.9 Å². The van der Waals surface area contributed by atoms with E-state index in [0.717, 1.165) is 73.5 Å². The zero-order valence-electron chi connectivity index (χ0n) is 23.0. The van der Waals surface area contributed by atoms with E-state index >= 15 is 0 Å². The van der Waals surface area contributed by atoms with Gasteiger partial charge in [-0.05, 0) is 80.7 Å². The van der Waals surface area contributed by atoms with Crippen LogP contribution >= 0.6 is 11.6 Å². The Balaban J connectivity index is 1.32. The Labute approximate surface area is 233 Å². The van der Waals surface area contributed by atoms with Crippen LogP contribution in [-0.4, -0.2) is 47.3 Å². The maximum absolute atomic E-state index is 13.9. The maximum Gasteiger partial charge on any atom is 0.280 e. The molecule has 4 aromatic heterocycles. The summed E-state index contributed by atoms with van der Waals surface area (Å²) in [5.41, 5.74) is 3.45. The van der Waals surface area contributed by atoms with Crippen molar-refractivity contribution in [3.63, 3.8) is 0 Å². The molecule has 39 heavy (non-hydrogen) atoms. The number of piperidine rings is 1. The van der Waals surface area contributed by atoms with Crippen molar-refractivity contribution in [2.45, 2.75) is 70.3 Å². The minimum Gasteiger partial charge on any atom is -0.353 e. The third kappa shape index (κ3) is 4.32. The summed E-state index contributed by atoms with van der Waals surface area (Å²) in [6, 6.07) is 6.37. The summed E-state index contributed by atoms with van der Waals surface area (Å²) in [6.07, 6.45) is 10.3. The summed E-state index contributed by atoms with van der Waals surface area (Å²) >= 11 is 6.82. The Morgan fingerprint density at radius 2 is 1.95 bits per heavy atom. The van der Waals surface area contributed by atoms with E-state index in [1.165, 1.54) is 12.8 Å². The molecule has 204 valence electrons. The highest BCUT2D eigenvalue weighted by molar-refractivity contribution is 6.35. The molecule has 3 aliphatic rings. The lowest BCUT2D eigenvalue weighted by atomic mass is 9.58. The van der Waals surface area contributed by atoms with Gasteiger partial charge in [-0.25, -0.2) is 4.98 Å². The first-order chi connectivity index (χ1) is 18.8. The molecule has 1 N–H and O–H groups in total. The summed E-state index contributed by atoms with van der Waals surface area (Å²) in [6.45, 7) is 7.56. The molecule has 1 atom stereocenters. The van der Waals surface area contributed by atoms with Gasteiger partial charge in [0.25, 0.3) is 5.56 Å². The fourth-order valence-electron chi connectivity index (χ4n) is 7.07. The highest BCUT2D eigenvalue weighted by Gasteiger charge is 2.49. The van der Waals surface area contributed by atoms with Crippen LogP contribution in [-0.2, 0) is 19.0 Å². The summed E-state index contributed by atoms with van der Waals surface area (Å²) in [4.78, 5) is 24.8. The Morgan fingerprint density at radius 1 is 1.13 bits per heavy atom. The Bertz CT molecular complexity index is 1610. The fraction of sp³-hybridized carbons (Fsp3) is 0.533. The van der Waals surface area contributed by atoms with E-state index in [2.05, 4.69) is 46.1 Å². The number of nitrogens with zero attached hydrogens (tertiary/aromatic N) is 6. The second-order valence-electron chi connectivity index (χ2n) is 12.5. The molecule has 0 spiro atoms. The van der Waals surface area contributed by atoms with Gasteiger partial charge in [0.15, 0.2) is 0 Å². The van der Waals surface area contributed by atoms with Crippen LogP contribution in [0.15, 0.2) is 35.5 Å². The summed E-state index contributed by atoms with van der Waals surface area (Å²) in [7, 11) is 2.01. The molecular formula is C30H36ClN7O. The molecule has 0 unspecified atom stereocenters. The van der Waals surface area contributed by atoms with Crippen molar-refractivity contribution in [1.29, 1.82) is 0 Å². The first-order valence-electron chi connectivity index (χ1n) is 14.3. The van der Waals surface area contributed by atoms with Gasteiger partial charge in [-0.2, -0.15) is 0 Å². The second-order valence-corrected chi connectivity index (χ2v) is 12.9. The largest absolute Gasteiger partial charge is 0.353 e. The average Bonchev–Trinajstić information content (AvgIpc) is 3.52. The van der Waals surface area contributed by atoms with Crippen molar-refractivity contribution >= 4 is 22.5 Å². The highest BCUT2D eigenvalue weighted by Crippen LogP contribution is 2.52. The van der Waals surface area contributed by atoms with Gasteiger partial charge in [0, 0.05) is 49.0 Å². The van der Waals surface area contributed by atoms with Crippen LogP contribution < -0.4 is 5.56 Å². The van der Waals surface area contributed by atoms with Gasteiger partial charge >= 0.3 is 0 Å². The van der Waals surface area contributed by atoms with Crippen molar-refractivity contribution in [2.75, 3.05) is 13.1 Å². The predicted molar refractivity (Wildman–Crippen MR) is 153 cm³/mol.